The van der Waals surface area contributed by atoms with Crippen LogP contribution < -0.4 is 0 Å². The van der Waals surface area contributed by atoms with Crippen LogP contribution in [0.15, 0.2) is 0 Å². The van der Waals surface area contributed by atoms with Crippen LogP contribution in [0.5, 0.6) is 0 Å². The SMILES string of the molecule is CC(C)C(=O)OCC1(C)CC(C)(C)CO1. The van der Waals surface area contributed by atoms with Gasteiger partial charge in [0, 0.05) is 0 Å². The molecule has 0 N–H and O–H groups in total. The van der Waals surface area contributed by atoms with E-state index < -0.39 is 0 Å². The quantitative estimate of drug-likeness (QED) is 0.677. The molecular formula is C12H22O3. The average molecular weight is 214 g/mol. The van der Waals surface area contributed by atoms with Gasteiger partial charge in [-0.25, -0.2) is 0 Å². The van der Waals surface area contributed by atoms with E-state index in [1.54, 1.807) is 0 Å². The summed E-state index contributed by atoms with van der Waals surface area (Å²) in [5, 5.41) is 0. The van der Waals surface area contributed by atoms with E-state index in [1.807, 2.05) is 20.8 Å². The van der Waals surface area contributed by atoms with Crippen molar-refractivity contribution < 1.29 is 14.3 Å². The van der Waals surface area contributed by atoms with Gasteiger partial charge >= 0.3 is 5.97 Å². The van der Waals surface area contributed by atoms with Crippen LogP contribution in [0.1, 0.15) is 41.0 Å². The lowest BCUT2D eigenvalue weighted by molar-refractivity contribution is -0.155. The molecule has 1 fully saturated rings. The van der Waals surface area contributed by atoms with Gasteiger partial charge in [-0.1, -0.05) is 27.7 Å². The fourth-order valence-corrected chi connectivity index (χ4v) is 1.97. The van der Waals surface area contributed by atoms with Crippen LogP contribution in [0, 0.1) is 11.3 Å². The Kier molecular flexibility index (Phi) is 3.44. The third-order valence-electron chi connectivity index (χ3n) is 2.66. The third-order valence-corrected chi connectivity index (χ3v) is 2.66. The van der Waals surface area contributed by atoms with Crippen LogP contribution in [0.3, 0.4) is 0 Å². The average Bonchev–Trinajstić information content (AvgIpc) is 2.37. The second kappa shape index (κ2) is 4.12. The highest BCUT2D eigenvalue weighted by Gasteiger charge is 2.42. The Morgan fingerprint density at radius 2 is 2.00 bits per heavy atom. The maximum atomic E-state index is 11.3. The largest absolute Gasteiger partial charge is 0.462 e. The van der Waals surface area contributed by atoms with Gasteiger partial charge in [0.15, 0.2) is 0 Å². The Bertz CT molecular complexity index is 245. The van der Waals surface area contributed by atoms with Crippen molar-refractivity contribution in [3.8, 4) is 0 Å². The van der Waals surface area contributed by atoms with Crippen LogP contribution in [-0.2, 0) is 14.3 Å². The summed E-state index contributed by atoms with van der Waals surface area (Å²) in [5.41, 5.74) is -0.104. The summed E-state index contributed by atoms with van der Waals surface area (Å²) in [6.07, 6.45) is 0.936. The Balaban J connectivity index is 2.42. The van der Waals surface area contributed by atoms with E-state index >= 15 is 0 Å². The summed E-state index contributed by atoms with van der Waals surface area (Å²) in [4.78, 5) is 11.3. The second-order valence-electron chi connectivity index (χ2n) is 5.84. The van der Waals surface area contributed by atoms with Gasteiger partial charge in [-0.15, -0.1) is 0 Å². The van der Waals surface area contributed by atoms with Gasteiger partial charge in [0.2, 0.25) is 0 Å². The predicted octanol–water partition coefficient (Wildman–Crippen LogP) is 2.39. The van der Waals surface area contributed by atoms with E-state index in [-0.39, 0.29) is 22.9 Å². The summed E-state index contributed by atoms with van der Waals surface area (Å²) < 4.78 is 10.9. The van der Waals surface area contributed by atoms with Gasteiger partial charge in [-0.05, 0) is 18.8 Å². The van der Waals surface area contributed by atoms with E-state index in [9.17, 15) is 4.79 Å². The lowest BCUT2D eigenvalue weighted by Crippen LogP contribution is -2.32. The molecule has 0 saturated carbocycles. The molecule has 1 aliphatic heterocycles. The standard InChI is InChI=1S/C12H22O3/c1-9(2)10(13)14-8-12(5)6-11(3,4)7-15-12/h9H,6-8H2,1-5H3. The molecular weight excluding hydrogens is 192 g/mol. The number of hydrogen-bond donors (Lipinski definition) is 0. The van der Waals surface area contributed by atoms with Crippen molar-refractivity contribution in [1.29, 1.82) is 0 Å². The van der Waals surface area contributed by atoms with Crippen molar-refractivity contribution in [2.75, 3.05) is 13.2 Å². The Hall–Kier alpha value is -0.570. The first-order valence-electron chi connectivity index (χ1n) is 5.55. The van der Waals surface area contributed by atoms with Crippen molar-refractivity contribution >= 4 is 5.97 Å². The van der Waals surface area contributed by atoms with Crippen LogP contribution in [0.25, 0.3) is 0 Å². The van der Waals surface area contributed by atoms with Crippen LogP contribution in [0.4, 0.5) is 0 Å². The van der Waals surface area contributed by atoms with Crippen molar-refractivity contribution in [2.24, 2.45) is 11.3 Å². The zero-order chi connectivity index (χ0) is 11.7. The highest BCUT2D eigenvalue weighted by molar-refractivity contribution is 5.71. The summed E-state index contributed by atoms with van der Waals surface area (Å²) >= 11 is 0. The summed E-state index contributed by atoms with van der Waals surface area (Å²) in [7, 11) is 0. The molecule has 0 bridgehead atoms. The lowest BCUT2D eigenvalue weighted by Gasteiger charge is -2.24. The van der Waals surface area contributed by atoms with E-state index in [0.29, 0.717) is 6.61 Å². The fraction of sp³-hybridized carbons (Fsp3) is 0.917. The summed E-state index contributed by atoms with van der Waals surface area (Å²) in [6.45, 7) is 11.1. The molecule has 1 atom stereocenters. The third kappa shape index (κ3) is 3.49. The first-order chi connectivity index (χ1) is 6.74. The first kappa shape index (κ1) is 12.5. The van der Waals surface area contributed by atoms with Crippen molar-refractivity contribution in [2.45, 2.75) is 46.6 Å². The molecule has 88 valence electrons. The minimum atomic E-state index is -0.298. The molecule has 1 unspecified atom stereocenters. The maximum absolute atomic E-state index is 11.3. The van der Waals surface area contributed by atoms with Gasteiger partial charge in [0.25, 0.3) is 0 Å². The lowest BCUT2D eigenvalue weighted by atomic mass is 9.85. The van der Waals surface area contributed by atoms with E-state index in [4.69, 9.17) is 9.47 Å². The molecule has 0 amide bonds. The highest BCUT2D eigenvalue weighted by Crippen LogP contribution is 2.38. The highest BCUT2D eigenvalue weighted by atomic mass is 16.6. The van der Waals surface area contributed by atoms with E-state index in [2.05, 4.69) is 13.8 Å². The monoisotopic (exact) mass is 214 g/mol. The number of carbonyl (C=O) groups is 1. The topological polar surface area (TPSA) is 35.5 Å². The summed E-state index contributed by atoms with van der Waals surface area (Å²) in [5.74, 6) is -0.215. The van der Waals surface area contributed by atoms with Crippen molar-refractivity contribution in [3.63, 3.8) is 0 Å². The maximum Gasteiger partial charge on any atom is 0.308 e. The molecule has 0 aromatic rings. The normalized spacial score (nSPS) is 29.5. The van der Waals surface area contributed by atoms with Gasteiger partial charge in [-0.2, -0.15) is 0 Å². The second-order valence-corrected chi connectivity index (χ2v) is 5.84. The molecule has 0 radical (unpaired) electrons. The number of carbonyl (C=O) groups excluding carboxylic acids is 1. The number of rotatable bonds is 3. The molecule has 1 rings (SSSR count). The molecule has 3 heteroatoms. The Labute approximate surface area is 92.1 Å². The fourth-order valence-electron chi connectivity index (χ4n) is 1.97. The molecule has 3 nitrogen and oxygen atoms in total. The molecule has 1 aliphatic rings. The van der Waals surface area contributed by atoms with Gasteiger partial charge in [0.05, 0.1) is 12.5 Å². The van der Waals surface area contributed by atoms with E-state index in [0.717, 1.165) is 13.0 Å². The minimum Gasteiger partial charge on any atom is -0.462 e. The molecule has 0 aliphatic carbocycles. The van der Waals surface area contributed by atoms with Gasteiger partial charge in [0.1, 0.15) is 12.2 Å². The van der Waals surface area contributed by atoms with Crippen molar-refractivity contribution in [1.82, 2.24) is 0 Å². The molecule has 1 heterocycles. The van der Waals surface area contributed by atoms with Gasteiger partial charge < -0.3 is 9.47 Å². The minimum absolute atomic E-state index is 0.0667. The molecule has 0 aromatic heterocycles. The van der Waals surface area contributed by atoms with Crippen LogP contribution in [-0.4, -0.2) is 24.8 Å². The molecule has 0 spiro atoms. The Morgan fingerprint density at radius 1 is 1.40 bits per heavy atom. The predicted molar refractivity (Wildman–Crippen MR) is 58.6 cm³/mol. The van der Waals surface area contributed by atoms with Crippen LogP contribution in [0.2, 0.25) is 0 Å². The Morgan fingerprint density at radius 3 is 2.40 bits per heavy atom. The smallest absolute Gasteiger partial charge is 0.308 e. The zero-order valence-electron chi connectivity index (χ0n) is 10.4. The molecule has 15 heavy (non-hydrogen) atoms. The number of ether oxygens (including phenoxy) is 2. The first-order valence-corrected chi connectivity index (χ1v) is 5.55. The molecule has 1 saturated heterocycles. The number of hydrogen-bond acceptors (Lipinski definition) is 3. The van der Waals surface area contributed by atoms with Crippen LogP contribution >= 0.6 is 0 Å². The van der Waals surface area contributed by atoms with Crippen molar-refractivity contribution in [3.05, 3.63) is 0 Å². The van der Waals surface area contributed by atoms with E-state index in [1.165, 1.54) is 0 Å². The number of esters is 1. The summed E-state index contributed by atoms with van der Waals surface area (Å²) in [6, 6.07) is 0. The van der Waals surface area contributed by atoms with Gasteiger partial charge in [-0.3, -0.25) is 4.79 Å². The zero-order valence-corrected chi connectivity index (χ0v) is 10.4. The molecule has 0 aromatic carbocycles.